The molecule has 0 bridgehead atoms. The normalized spacial score (nSPS) is 14.3. The van der Waals surface area contributed by atoms with Gasteiger partial charge in [0.1, 0.15) is 17.7 Å². The molecule has 1 aromatic carbocycles. The van der Waals surface area contributed by atoms with E-state index in [2.05, 4.69) is 13.8 Å². The molecule has 0 aliphatic heterocycles. The molecule has 0 fully saturated rings. The summed E-state index contributed by atoms with van der Waals surface area (Å²) in [5.74, 6) is 0.903. The summed E-state index contributed by atoms with van der Waals surface area (Å²) in [6.07, 6.45) is 2.77. The lowest BCUT2D eigenvalue weighted by molar-refractivity contribution is 0.128. The molecule has 0 radical (unpaired) electrons. The first kappa shape index (κ1) is 15.0. The van der Waals surface area contributed by atoms with Gasteiger partial charge in [0.05, 0.1) is 6.61 Å². The summed E-state index contributed by atoms with van der Waals surface area (Å²) in [5, 5.41) is 8.99. The van der Waals surface area contributed by atoms with Gasteiger partial charge in [0, 0.05) is 6.07 Å². The van der Waals surface area contributed by atoms with Crippen LogP contribution in [0.3, 0.4) is 0 Å². The lowest BCUT2D eigenvalue weighted by Gasteiger charge is -2.16. The van der Waals surface area contributed by atoms with Crippen molar-refractivity contribution in [2.24, 2.45) is 5.92 Å². The largest absolute Gasteiger partial charge is 0.488 e. The maximum Gasteiger partial charge on any atom is 0.126 e. The highest BCUT2D eigenvalue weighted by Crippen LogP contribution is 2.24. The molecule has 1 rings (SSSR count). The van der Waals surface area contributed by atoms with Gasteiger partial charge >= 0.3 is 0 Å². The third-order valence-corrected chi connectivity index (χ3v) is 3.22. The molecule has 1 aromatic rings. The average molecular weight is 254 g/mol. The van der Waals surface area contributed by atoms with Crippen LogP contribution in [0.15, 0.2) is 18.2 Å². The summed E-state index contributed by atoms with van der Waals surface area (Å²) in [6.45, 7) is 6.08. The molecule has 3 heteroatoms. The van der Waals surface area contributed by atoms with Gasteiger partial charge in [-0.2, -0.15) is 0 Å². The lowest BCUT2D eigenvalue weighted by atomic mass is 9.98. The van der Waals surface area contributed by atoms with Gasteiger partial charge in [0.25, 0.3) is 0 Å². The Bertz CT molecular complexity index is 366. The Kier molecular flexibility index (Phi) is 6.13. The molecule has 1 N–H and O–H groups in total. The number of ether oxygens (including phenoxy) is 1. The SMILES string of the molecule is CCC(C)CCc1ccc(F)cc1OC(C)CO. The number of hydrogen-bond donors (Lipinski definition) is 1. The molecule has 0 heterocycles. The molecule has 2 atom stereocenters. The van der Waals surface area contributed by atoms with Crippen molar-refractivity contribution in [3.05, 3.63) is 29.6 Å². The van der Waals surface area contributed by atoms with E-state index in [4.69, 9.17) is 9.84 Å². The number of rotatable bonds is 7. The molecule has 2 unspecified atom stereocenters. The van der Waals surface area contributed by atoms with Gasteiger partial charge in [0.15, 0.2) is 0 Å². The molecule has 0 saturated carbocycles. The van der Waals surface area contributed by atoms with E-state index in [1.807, 2.05) is 0 Å². The van der Waals surface area contributed by atoms with E-state index in [0.717, 1.165) is 24.8 Å². The first-order valence-electron chi connectivity index (χ1n) is 6.62. The number of hydrogen-bond acceptors (Lipinski definition) is 2. The Hall–Kier alpha value is -1.09. The van der Waals surface area contributed by atoms with Crippen molar-refractivity contribution >= 4 is 0 Å². The molecule has 0 aliphatic rings. The van der Waals surface area contributed by atoms with Crippen LogP contribution < -0.4 is 4.74 Å². The lowest BCUT2D eigenvalue weighted by Crippen LogP contribution is -2.17. The van der Waals surface area contributed by atoms with Crippen molar-refractivity contribution in [3.8, 4) is 5.75 Å². The van der Waals surface area contributed by atoms with Crippen molar-refractivity contribution in [2.45, 2.75) is 46.1 Å². The Morgan fingerprint density at radius 2 is 2.06 bits per heavy atom. The first-order chi connectivity index (χ1) is 8.56. The molecule has 102 valence electrons. The number of halogens is 1. The zero-order valence-electron chi connectivity index (χ0n) is 11.4. The van der Waals surface area contributed by atoms with Crippen LogP contribution in [0, 0.1) is 11.7 Å². The highest BCUT2D eigenvalue weighted by Gasteiger charge is 2.10. The molecular formula is C15H23FO2. The summed E-state index contributed by atoms with van der Waals surface area (Å²) in [5.41, 5.74) is 1.01. The zero-order chi connectivity index (χ0) is 13.5. The zero-order valence-corrected chi connectivity index (χ0v) is 11.4. The van der Waals surface area contributed by atoms with Crippen LogP contribution in [-0.2, 0) is 6.42 Å². The smallest absolute Gasteiger partial charge is 0.126 e. The molecular weight excluding hydrogens is 231 g/mol. The fourth-order valence-corrected chi connectivity index (χ4v) is 1.70. The summed E-state index contributed by atoms with van der Waals surface area (Å²) >= 11 is 0. The van der Waals surface area contributed by atoms with Gasteiger partial charge in [0.2, 0.25) is 0 Å². The van der Waals surface area contributed by atoms with Gasteiger partial charge in [-0.25, -0.2) is 4.39 Å². The Balaban J connectivity index is 2.76. The second-order valence-corrected chi connectivity index (χ2v) is 4.92. The van der Waals surface area contributed by atoms with Gasteiger partial charge in [-0.05, 0) is 37.3 Å². The van der Waals surface area contributed by atoms with Gasteiger partial charge < -0.3 is 9.84 Å². The van der Waals surface area contributed by atoms with E-state index in [1.54, 1.807) is 13.0 Å². The molecule has 0 spiro atoms. The van der Waals surface area contributed by atoms with Crippen LogP contribution in [0.2, 0.25) is 0 Å². The van der Waals surface area contributed by atoms with Crippen molar-refractivity contribution in [1.29, 1.82) is 0 Å². The highest BCUT2D eigenvalue weighted by atomic mass is 19.1. The van der Waals surface area contributed by atoms with Gasteiger partial charge in [-0.15, -0.1) is 0 Å². The van der Waals surface area contributed by atoms with Gasteiger partial charge in [-0.3, -0.25) is 0 Å². The fourth-order valence-electron chi connectivity index (χ4n) is 1.70. The van der Waals surface area contributed by atoms with Crippen LogP contribution in [0.25, 0.3) is 0 Å². The maximum atomic E-state index is 13.2. The first-order valence-corrected chi connectivity index (χ1v) is 6.62. The molecule has 18 heavy (non-hydrogen) atoms. The minimum Gasteiger partial charge on any atom is -0.488 e. The van der Waals surface area contributed by atoms with Crippen LogP contribution in [-0.4, -0.2) is 17.8 Å². The van der Waals surface area contributed by atoms with E-state index in [1.165, 1.54) is 12.1 Å². The molecule has 2 nitrogen and oxygen atoms in total. The molecule has 0 amide bonds. The molecule has 0 aliphatic carbocycles. The highest BCUT2D eigenvalue weighted by molar-refractivity contribution is 5.34. The van der Waals surface area contributed by atoms with Crippen molar-refractivity contribution in [1.82, 2.24) is 0 Å². The second-order valence-electron chi connectivity index (χ2n) is 4.92. The van der Waals surface area contributed by atoms with Gasteiger partial charge in [-0.1, -0.05) is 26.3 Å². The summed E-state index contributed by atoms with van der Waals surface area (Å²) in [7, 11) is 0. The monoisotopic (exact) mass is 254 g/mol. The Labute approximate surface area is 109 Å². The van der Waals surface area contributed by atoms with Crippen molar-refractivity contribution in [2.75, 3.05) is 6.61 Å². The van der Waals surface area contributed by atoms with Crippen LogP contribution in [0.1, 0.15) is 39.2 Å². The predicted molar refractivity (Wildman–Crippen MR) is 71.4 cm³/mol. The average Bonchev–Trinajstić information content (AvgIpc) is 2.37. The minimum atomic E-state index is -0.311. The maximum absolute atomic E-state index is 13.2. The van der Waals surface area contributed by atoms with E-state index < -0.39 is 0 Å². The predicted octanol–water partition coefficient (Wildman–Crippen LogP) is 3.56. The van der Waals surface area contributed by atoms with Crippen LogP contribution >= 0.6 is 0 Å². The standard InChI is InChI=1S/C15H23FO2/c1-4-11(2)5-6-13-7-8-14(16)9-15(13)18-12(3)10-17/h7-9,11-12,17H,4-6,10H2,1-3H3. The van der Waals surface area contributed by atoms with E-state index in [9.17, 15) is 4.39 Å². The van der Waals surface area contributed by atoms with Crippen LogP contribution in [0.4, 0.5) is 4.39 Å². The molecule has 0 aromatic heterocycles. The number of aliphatic hydroxyl groups is 1. The quantitative estimate of drug-likeness (QED) is 0.806. The van der Waals surface area contributed by atoms with Crippen molar-refractivity contribution in [3.63, 3.8) is 0 Å². The summed E-state index contributed by atoms with van der Waals surface area (Å²) in [6, 6.07) is 4.64. The van der Waals surface area contributed by atoms with E-state index in [-0.39, 0.29) is 18.5 Å². The van der Waals surface area contributed by atoms with E-state index in [0.29, 0.717) is 11.7 Å². The Morgan fingerprint density at radius 3 is 2.67 bits per heavy atom. The van der Waals surface area contributed by atoms with Crippen molar-refractivity contribution < 1.29 is 14.2 Å². The Morgan fingerprint density at radius 1 is 1.33 bits per heavy atom. The number of aryl methyl sites for hydroxylation is 1. The third kappa shape index (κ3) is 4.65. The third-order valence-electron chi connectivity index (χ3n) is 3.22. The van der Waals surface area contributed by atoms with Crippen LogP contribution in [0.5, 0.6) is 5.75 Å². The summed E-state index contributed by atoms with van der Waals surface area (Å²) < 4.78 is 18.8. The molecule has 0 saturated heterocycles. The fraction of sp³-hybridized carbons (Fsp3) is 0.600. The second kappa shape index (κ2) is 7.37. The minimum absolute atomic E-state index is 0.0681. The van der Waals surface area contributed by atoms with E-state index >= 15 is 0 Å². The number of benzene rings is 1. The summed E-state index contributed by atoms with van der Waals surface area (Å²) in [4.78, 5) is 0. The topological polar surface area (TPSA) is 29.5 Å². The number of aliphatic hydroxyl groups excluding tert-OH is 1.